The molecular weight excluding hydrogens is 136 g/mol. The highest BCUT2D eigenvalue weighted by atomic mass is 16.1. The van der Waals surface area contributed by atoms with Gasteiger partial charge in [-0.2, -0.15) is 0 Å². The van der Waals surface area contributed by atoms with Gasteiger partial charge in [-0.15, -0.1) is 0 Å². The van der Waals surface area contributed by atoms with Crippen molar-refractivity contribution >= 4 is 5.78 Å². The van der Waals surface area contributed by atoms with Crippen LogP contribution in [0.1, 0.15) is 40.0 Å². The summed E-state index contributed by atoms with van der Waals surface area (Å²) < 4.78 is 0. The van der Waals surface area contributed by atoms with E-state index in [1.54, 1.807) is 6.92 Å². The van der Waals surface area contributed by atoms with Gasteiger partial charge in [0.1, 0.15) is 5.78 Å². The Bertz CT molecular complexity index is 197. The van der Waals surface area contributed by atoms with E-state index in [9.17, 15) is 4.79 Å². The minimum absolute atomic E-state index is 0.333. The predicted molar refractivity (Wildman–Crippen MR) is 46.4 cm³/mol. The summed E-state index contributed by atoms with van der Waals surface area (Å²) in [5.41, 5.74) is 2.92. The van der Waals surface area contributed by atoms with Gasteiger partial charge in [-0.1, -0.05) is 11.1 Å². The Labute approximate surface area is 68.5 Å². The summed E-state index contributed by atoms with van der Waals surface area (Å²) in [6, 6.07) is 0. The van der Waals surface area contributed by atoms with Gasteiger partial charge in [0.2, 0.25) is 0 Å². The molecule has 1 saturated carbocycles. The first-order chi connectivity index (χ1) is 5.11. The lowest BCUT2D eigenvalue weighted by atomic mass is 10.0. The molecule has 0 aromatic heterocycles. The zero-order valence-electron chi connectivity index (χ0n) is 7.61. The van der Waals surface area contributed by atoms with E-state index in [-0.39, 0.29) is 0 Å². The third-order valence-electron chi connectivity index (χ3n) is 2.57. The first-order valence-corrected chi connectivity index (χ1v) is 4.27. The largest absolute Gasteiger partial charge is 0.300 e. The molecule has 0 N–H and O–H groups in total. The number of allylic oxidation sites excluding steroid dienone is 2. The van der Waals surface area contributed by atoms with Crippen LogP contribution in [0.25, 0.3) is 0 Å². The van der Waals surface area contributed by atoms with E-state index in [4.69, 9.17) is 0 Å². The minimum Gasteiger partial charge on any atom is -0.300 e. The van der Waals surface area contributed by atoms with E-state index in [0.717, 1.165) is 19.3 Å². The minimum atomic E-state index is 0.333. The van der Waals surface area contributed by atoms with Crippen LogP contribution in [-0.2, 0) is 4.79 Å². The third-order valence-corrected chi connectivity index (χ3v) is 2.57. The fraction of sp³-hybridized carbons (Fsp3) is 0.700. The Balaban J connectivity index is 2.61. The van der Waals surface area contributed by atoms with Crippen LogP contribution in [0.15, 0.2) is 11.1 Å². The molecule has 1 aliphatic rings. The second-order valence-electron chi connectivity index (χ2n) is 3.65. The molecule has 0 aliphatic heterocycles. The second kappa shape index (κ2) is 3.21. The van der Waals surface area contributed by atoms with Gasteiger partial charge in [-0.3, -0.25) is 4.79 Å². The molecule has 1 unspecified atom stereocenters. The number of rotatable bonds is 1. The molecule has 0 amide bonds. The second-order valence-corrected chi connectivity index (χ2v) is 3.65. The van der Waals surface area contributed by atoms with Crippen LogP contribution in [0.2, 0.25) is 0 Å². The summed E-state index contributed by atoms with van der Waals surface area (Å²) in [6.07, 6.45) is 3.25. The van der Waals surface area contributed by atoms with E-state index < -0.39 is 0 Å². The fourth-order valence-electron chi connectivity index (χ4n) is 1.65. The third kappa shape index (κ3) is 1.92. The lowest BCUT2D eigenvalue weighted by Crippen LogP contribution is -2.04. The van der Waals surface area contributed by atoms with Crippen LogP contribution in [0, 0.1) is 5.92 Å². The molecule has 0 spiro atoms. The first kappa shape index (κ1) is 8.51. The number of carbonyl (C=O) groups is 1. The van der Waals surface area contributed by atoms with Gasteiger partial charge in [0, 0.05) is 5.92 Å². The number of Topliss-reactive ketones (excluding diaryl/α,β-unsaturated/α-hetero) is 1. The molecule has 1 fully saturated rings. The van der Waals surface area contributed by atoms with Crippen LogP contribution in [0.4, 0.5) is 0 Å². The van der Waals surface area contributed by atoms with Crippen molar-refractivity contribution in [3.05, 3.63) is 11.1 Å². The van der Waals surface area contributed by atoms with Gasteiger partial charge >= 0.3 is 0 Å². The average molecular weight is 152 g/mol. The Morgan fingerprint density at radius 1 is 1.36 bits per heavy atom. The summed E-state index contributed by atoms with van der Waals surface area (Å²) in [7, 11) is 0. The molecule has 0 aromatic rings. The summed E-state index contributed by atoms with van der Waals surface area (Å²) in [4.78, 5) is 11.0. The summed E-state index contributed by atoms with van der Waals surface area (Å²) in [6.45, 7) is 5.98. The van der Waals surface area contributed by atoms with Crippen molar-refractivity contribution in [2.24, 2.45) is 5.92 Å². The number of carbonyl (C=O) groups excluding carboxylic acids is 1. The molecule has 0 heterocycles. The number of hydrogen-bond donors (Lipinski definition) is 0. The van der Waals surface area contributed by atoms with Crippen molar-refractivity contribution in [3.8, 4) is 0 Å². The molecule has 11 heavy (non-hydrogen) atoms. The topological polar surface area (TPSA) is 17.1 Å². The van der Waals surface area contributed by atoms with Crippen molar-refractivity contribution in [3.63, 3.8) is 0 Å². The molecule has 1 aliphatic carbocycles. The molecule has 0 saturated heterocycles. The predicted octanol–water partition coefficient (Wildman–Crippen LogP) is 2.71. The van der Waals surface area contributed by atoms with Crippen molar-refractivity contribution in [1.29, 1.82) is 0 Å². The average Bonchev–Trinajstić information content (AvgIpc) is 2.33. The normalized spacial score (nSPS) is 23.9. The standard InChI is InChI=1S/C10H16O/c1-7(2)9-4-5-10(6-9)8(3)11/h10H,4-6H2,1-3H3. The molecule has 1 heteroatoms. The van der Waals surface area contributed by atoms with E-state index in [1.165, 1.54) is 11.1 Å². The van der Waals surface area contributed by atoms with Gasteiger partial charge in [-0.25, -0.2) is 0 Å². The zero-order valence-corrected chi connectivity index (χ0v) is 7.61. The van der Waals surface area contributed by atoms with Crippen LogP contribution < -0.4 is 0 Å². The Morgan fingerprint density at radius 3 is 2.27 bits per heavy atom. The maximum Gasteiger partial charge on any atom is 0.133 e. The maximum absolute atomic E-state index is 11.0. The Hall–Kier alpha value is -0.590. The molecule has 1 rings (SSSR count). The van der Waals surface area contributed by atoms with Gasteiger partial charge in [0.25, 0.3) is 0 Å². The lowest BCUT2D eigenvalue weighted by Gasteiger charge is -2.01. The maximum atomic E-state index is 11.0. The lowest BCUT2D eigenvalue weighted by molar-refractivity contribution is -0.120. The Morgan fingerprint density at radius 2 is 2.00 bits per heavy atom. The van der Waals surface area contributed by atoms with Gasteiger partial charge in [0.05, 0.1) is 0 Å². The van der Waals surface area contributed by atoms with E-state index in [2.05, 4.69) is 13.8 Å². The van der Waals surface area contributed by atoms with E-state index >= 15 is 0 Å². The molecule has 1 atom stereocenters. The highest BCUT2D eigenvalue weighted by Gasteiger charge is 2.23. The zero-order chi connectivity index (χ0) is 8.43. The van der Waals surface area contributed by atoms with Gasteiger partial charge < -0.3 is 0 Å². The summed E-state index contributed by atoms with van der Waals surface area (Å²) in [5.74, 6) is 0.696. The molecule has 0 radical (unpaired) electrons. The quantitative estimate of drug-likeness (QED) is 0.528. The Kier molecular flexibility index (Phi) is 2.48. The van der Waals surface area contributed by atoms with Crippen molar-refractivity contribution < 1.29 is 4.79 Å². The molecule has 1 nitrogen and oxygen atoms in total. The number of ketones is 1. The smallest absolute Gasteiger partial charge is 0.133 e. The van der Waals surface area contributed by atoms with Gasteiger partial charge in [-0.05, 0) is 40.0 Å². The molecule has 0 bridgehead atoms. The van der Waals surface area contributed by atoms with E-state index in [1.807, 2.05) is 0 Å². The van der Waals surface area contributed by atoms with Crippen LogP contribution >= 0.6 is 0 Å². The van der Waals surface area contributed by atoms with Crippen LogP contribution in [0.5, 0.6) is 0 Å². The monoisotopic (exact) mass is 152 g/mol. The first-order valence-electron chi connectivity index (χ1n) is 4.27. The molecule has 0 aromatic carbocycles. The molecular formula is C10H16O. The highest BCUT2D eigenvalue weighted by Crippen LogP contribution is 2.32. The summed E-state index contributed by atoms with van der Waals surface area (Å²) >= 11 is 0. The summed E-state index contributed by atoms with van der Waals surface area (Å²) in [5, 5.41) is 0. The SMILES string of the molecule is CC(=O)C1CCC(=C(C)C)C1. The van der Waals surface area contributed by atoms with Crippen LogP contribution in [0.3, 0.4) is 0 Å². The van der Waals surface area contributed by atoms with Crippen molar-refractivity contribution in [2.75, 3.05) is 0 Å². The van der Waals surface area contributed by atoms with Crippen molar-refractivity contribution in [1.82, 2.24) is 0 Å². The van der Waals surface area contributed by atoms with E-state index in [0.29, 0.717) is 11.7 Å². The van der Waals surface area contributed by atoms with Gasteiger partial charge in [0.15, 0.2) is 0 Å². The fourth-order valence-corrected chi connectivity index (χ4v) is 1.65. The highest BCUT2D eigenvalue weighted by molar-refractivity contribution is 5.79. The number of hydrogen-bond acceptors (Lipinski definition) is 1. The van der Waals surface area contributed by atoms with Crippen molar-refractivity contribution in [2.45, 2.75) is 40.0 Å². The van der Waals surface area contributed by atoms with Crippen LogP contribution in [-0.4, -0.2) is 5.78 Å². The molecule has 62 valence electrons.